The molecule has 0 aliphatic carbocycles. The molecule has 1 fully saturated rings. The van der Waals surface area contributed by atoms with E-state index in [9.17, 15) is 4.79 Å². The number of halogens is 1. The fourth-order valence-electron chi connectivity index (χ4n) is 4.87. The molecule has 0 saturated carbocycles. The Morgan fingerprint density at radius 1 is 1.03 bits per heavy atom. The first-order valence-electron chi connectivity index (χ1n) is 12.3. The number of aromatic amines is 1. The van der Waals surface area contributed by atoms with Crippen molar-refractivity contribution in [3.05, 3.63) is 65.9 Å². The number of anilines is 1. The molecule has 1 aromatic carbocycles. The number of piperazine rings is 1. The van der Waals surface area contributed by atoms with Gasteiger partial charge in [-0.15, -0.1) is 0 Å². The van der Waals surface area contributed by atoms with Crippen LogP contribution in [0.4, 0.5) is 10.2 Å². The van der Waals surface area contributed by atoms with Crippen LogP contribution in [0.3, 0.4) is 0 Å². The second-order valence-corrected chi connectivity index (χ2v) is 9.32. The van der Waals surface area contributed by atoms with E-state index in [4.69, 9.17) is 9.47 Å². The van der Waals surface area contributed by atoms with Crippen LogP contribution in [0, 0.1) is 5.82 Å². The van der Waals surface area contributed by atoms with Gasteiger partial charge in [0.15, 0.2) is 17.4 Å². The van der Waals surface area contributed by atoms with Crippen molar-refractivity contribution < 1.29 is 20.1 Å². The molecular formula is C28H32FN5O3. The minimum atomic E-state index is -0.345. The zero-order valence-electron chi connectivity index (χ0n) is 21.4. The van der Waals surface area contributed by atoms with E-state index in [2.05, 4.69) is 19.9 Å². The fourth-order valence-corrected chi connectivity index (χ4v) is 4.87. The second-order valence-electron chi connectivity index (χ2n) is 9.32. The van der Waals surface area contributed by atoms with Crippen LogP contribution in [0.15, 0.2) is 48.8 Å². The molecule has 9 heteroatoms. The molecule has 0 bridgehead atoms. The Morgan fingerprint density at radius 3 is 2.46 bits per heavy atom. The van der Waals surface area contributed by atoms with E-state index in [1.54, 1.807) is 37.6 Å². The number of nitrogens with one attached hydrogen (secondary N) is 1. The molecular weight excluding hydrogens is 473 g/mol. The van der Waals surface area contributed by atoms with E-state index in [1.807, 2.05) is 44.2 Å². The summed E-state index contributed by atoms with van der Waals surface area (Å²) in [6.07, 6.45) is 3.38. The maximum Gasteiger partial charge on any atom is 0.270 e. The van der Waals surface area contributed by atoms with Crippen LogP contribution < -0.4 is 14.4 Å². The van der Waals surface area contributed by atoms with Gasteiger partial charge in [0.25, 0.3) is 5.91 Å². The molecule has 3 aromatic heterocycles. The van der Waals surface area contributed by atoms with Crippen LogP contribution in [0.2, 0.25) is 0 Å². The van der Waals surface area contributed by atoms with Crippen molar-refractivity contribution >= 4 is 22.6 Å². The highest BCUT2D eigenvalue weighted by Gasteiger charge is 2.27. The number of H-pyrrole nitrogens is 1. The van der Waals surface area contributed by atoms with Crippen LogP contribution in [0.1, 0.15) is 37.2 Å². The Kier molecular flexibility index (Phi) is 6.69. The van der Waals surface area contributed by atoms with E-state index in [-0.39, 0.29) is 19.1 Å². The third-order valence-corrected chi connectivity index (χ3v) is 6.82. The summed E-state index contributed by atoms with van der Waals surface area (Å²) in [5, 5.41) is 0.619. The number of pyridine rings is 2. The van der Waals surface area contributed by atoms with E-state index < -0.39 is 0 Å². The van der Waals surface area contributed by atoms with Crippen molar-refractivity contribution in [2.24, 2.45) is 0 Å². The van der Waals surface area contributed by atoms with Crippen molar-refractivity contribution in [1.29, 1.82) is 0 Å². The molecule has 194 valence electrons. The lowest BCUT2D eigenvalue weighted by Crippen LogP contribution is -2.49. The molecule has 1 saturated heterocycles. The van der Waals surface area contributed by atoms with Crippen LogP contribution >= 0.6 is 0 Å². The second kappa shape index (κ2) is 10.1. The molecule has 0 atom stereocenters. The molecule has 5 rings (SSSR count). The summed E-state index contributed by atoms with van der Waals surface area (Å²) in [5.74, 6) is 1.35. The van der Waals surface area contributed by atoms with Gasteiger partial charge in [0.2, 0.25) is 5.88 Å². The highest BCUT2D eigenvalue weighted by molar-refractivity contribution is 6.04. The number of carbonyl (C=O) groups is 1. The summed E-state index contributed by atoms with van der Waals surface area (Å²) in [7, 11) is 3.18. The van der Waals surface area contributed by atoms with Crippen molar-refractivity contribution in [2.45, 2.75) is 19.8 Å². The average Bonchev–Trinajstić information content (AvgIpc) is 3.39. The number of hydrogen-bond donors (Lipinski definition) is 1. The first-order chi connectivity index (χ1) is 17.9. The van der Waals surface area contributed by atoms with E-state index in [1.165, 1.54) is 0 Å². The summed E-state index contributed by atoms with van der Waals surface area (Å²) in [6, 6.07) is 11.0. The lowest BCUT2D eigenvalue weighted by Gasteiger charge is -2.35. The van der Waals surface area contributed by atoms with Crippen LogP contribution in [0.5, 0.6) is 11.6 Å². The van der Waals surface area contributed by atoms with Crippen molar-refractivity contribution in [3.63, 3.8) is 0 Å². The standard InChI is InChI=1S/C28H30FN5O3.H2/c1-17(2)19-15-20(18-7-5-10-31-27(18)37-4)21-16-22(32-25(21)24(19)29)28(35)34-13-11-33(12-14-34)26-23(36-3)8-6-9-30-26;/h5-10,15-17,32H,11-14H2,1-4H3;1H. The van der Waals surface area contributed by atoms with Gasteiger partial charge in [-0.25, -0.2) is 14.4 Å². The number of fused-ring (bicyclic) bond motifs is 1. The number of hydrogen-bond acceptors (Lipinski definition) is 6. The van der Waals surface area contributed by atoms with Crippen molar-refractivity contribution in [3.8, 4) is 22.8 Å². The largest absolute Gasteiger partial charge is 0.493 e. The molecule has 4 aromatic rings. The zero-order valence-corrected chi connectivity index (χ0v) is 21.4. The number of methoxy groups -OCH3 is 2. The molecule has 1 aliphatic rings. The molecule has 1 aliphatic heterocycles. The molecule has 37 heavy (non-hydrogen) atoms. The Balaban J connectivity index is 0.00000336. The van der Waals surface area contributed by atoms with Crippen LogP contribution in [-0.4, -0.2) is 66.2 Å². The zero-order chi connectivity index (χ0) is 26.1. The number of carbonyl (C=O) groups excluding carboxylic acids is 1. The van der Waals surface area contributed by atoms with Gasteiger partial charge in [0.1, 0.15) is 5.69 Å². The number of aromatic nitrogens is 3. The summed E-state index contributed by atoms with van der Waals surface area (Å²) in [5.41, 5.74) is 2.74. The van der Waals surface area contributed by atoms with E-state index >= 15 is 4.39 Å². The SMILES string of the molecule is COc1cccnc1N1CCN(C(=O)c2cc3c(-c4cccnc4OC)cc(C(C)C)c(F)c3[nH]2)CC1.[HH]. The highest BCUT2D eigenvalue weighted by Crippen LogP contribution is 2.38. The maximum atomic E-state index is 15.6. The predicted octanol–water partition coefficient (Wildman–Crippen LogP) is 5.11. The topological polar surface area (TPSA) is 83.6 Å². The van der Waals surface area contributed by atoms with Gasteiger partial charge >= 0.3 is 0 Å². The van der Waals surface area contributed by atoms with Gasteiger partial charge in [-0.05, 0) is 53.4 Å². The Labute approximate surface area is 216 Å². The lowest BCUT2D eigenvalue weighted by molar-refractivity contribution is 0.0741. The number of ether oxygens (including phenoxy) is 2. The average molecular weight is 506 g/mol. The molecule has 8 nitrogen and oxygen atoms in total. The predicted molar refractivity (Wildman–Crippen MR) is 143 cm³/mol. The van der Waals surface area contributed by atoms with Crippen LogP contribution in [-0.2, 0) is 0 Å². The smallest absolute Gasteiger partial charge is 0.270 e. The minimum Gasteiger partial charge on any atom is -0.493 e. The Morgan fingerprint density at radius 2 is 1.76 bits per heavy atom. The third kappa shape index (κ3) is 4.45. The van der Waals surface area contributed by atoms with Crippen molar-refractivity contribution in [2.75, 3.05) is 45.3 Å². The summed E-state index contributed by atoms with van der Waals surface area (Å²) in [6.45, 7) is 6.14. The summed E-state index contributed by atoms with van der Waals surface area (Å²) in [4.78, 5) is 29.3. The molecule has 1 N–H and O–H groups in total. The molecule has 1 amide bonds. The number of nitrogens with zero attached hydrogens (tertiary/aromatic N) is 4. The first-order valence-corrected chi connectivity index (χ1v) is 12.3. The quantitative estimate of drug-likeness (QED) is 0.392. The number of rotatable bonds is 6. The number of amides is 1. The highest BCUT2D eigenvalue weighted by atomic mass is 19.1. The summed E-state index contributed by atoms with van der Waals surface area (Å²) < 4.78 is 26.5. The van der Waals surface area contributed by atoms with Gasteiger partial charge in [-0.3, -0.25) is 4.79 Å². The van der Waals surface area contributed by atoms with Crippen LogP contribution in [0.25, 0.3) is 22.0 Å². The van der Waals surface area contributed by atoms with Gasteiger partial charge in [0.05, 0.1) is 19.7 Å². The van der Waals surface area contributed by atoms with E-state index in [0.29, 0.717) is 60.0 Å². The molecule has 0 spiro atoms. The van der Waals surface area contributed by atoms with Gasteiger partial charge in [-0.2, -0.15) is 0 Å². The normalized spacial score (nSPS) is 13.9. The Hall–Kier alpha value is -4.14. The minimum absolute atomic E-state index is 0. The summed E-state index contributed by atoms with van der Waals surface area (Å²) >= 11 is 0. The molecule has 0 unspecified atom stereocenters. The van der Waals surface area contributed by atoms with Gasteiger partial charge < -0.3 is 24.3 Å². The molecule has 0 radical (unpaired) electrons. The maximum absolute atomic E-state index is 15.6. The third-order valence-electron chi connectivity index (χ3n) is 6.82. The Bertz CT molecular complexity index is 1450. The van der Waals surface area contributed by atoms with Gasteiger partial charge in [-0.1, -0.05) is 13.8 Å². The van der Waals surface area contributed by atoms with Gasteiger partial charge in [0, 0.05) is 50.9 Å². The molecule has 4 heterocycles. The fraction of sp³-hybridized carbons (Fsp3) is 0.321. The number of benzene rings is 1. The van der Waals surface area contributed by atoms with E-state index in [0.717, 1.165) is 16.9 Å². The monoisotopic (exact) mass is 505 g/mol. The lowest BCUT2D eigenvalue weighted by atomic mass is 9.94. The first kappa shape index (κ1) is 24.5. The van der Waals surface area contributed by atoms with Crippen molar-refractivity contribution in [1.82, 2.24) is 19.9 Å².